The number of hydrogen-bond acceptors (Lipinski definition) is 6. The number of nitrogens with one attached hydrogen (secondary N) is 2. The van der Waals surface area contributed by atoms with Crippen LogP contribution in [0, 0.1) is 5.92 Å². The molecule has 0 spiro atoms. The third-order valence-corrected chi connectivity index (χ3v) is 8.04. The van der Waals surface area contributed by atoms with Crippen LogP contribution in [0.2, 0.25) is 0 Å². The standard InChI is InChI=1S/C34H39F3N4O4/c1-45-33(44)30(8-4-5-19-38)40-31(42)22-23-17-20-41(21-18-23)27-15-13-26(14-16-27)39-32(43)29-7-3-2-6-28(29)24-9-11-25(12-10-24)34(35,36)37/h2-3,6-7,9-16,23,30H,4-5,8,17-22,38H2,1H3,(H,39,43)(H,40,42)/t30-/m0/s1. The number of carbonyl (C=O) groups is 3. The van der Waals surface area contributed by atoms with Gasteiger partial charge in [-0.3, -0.25) is 9.59 Å². The Morgan fingerprint density at radius 3 is 2.24 bits per heavy atom. The largest absolute Gasteiger partial charge is 0.467 e. The monoisotopic (exact) mass is 624 g/mol. The molecule has 11 heteroatoms. The summed E-state index contributed by atoms with van der Waals surface area (Å²) in [5.74, 6) is -0.771. The zero-order valence-corrected chi connectivity index (χ0v) is 25.2. The fourth-order valence-corrected chi connectivity index (χ4v) is 5.52. The number of piperidine rings is 1. The van der Waals surface area contributed by atoms with E-state index in [1.54, 1.807) is 24.3 Å². The molecule has 240 valence electrons. The van der Waals surface area contributed by atoms with Crippen LogP contribution in [-0.4, -0.2) is 50.6 Å². The van der Waals surface area contributed by atoms with Gasteiger partial charge in [0, 0.05) is 36.4 Å². The minimum Gasteiger partial charge on any atom is -0.467 e. The Balaban J connectivity index is 1.30. The molecule has 0 unspecified atom stereocenters. The number of alkyl halides is 3. The van der Waals surface area contributed by atoms with Crippen molar-refractivity contribution in [1.82, 2.24) is 5.32 Å². The number of carbonyl (C=O) groups excluding carboxylic acids is 3. The molecule has 3 aromatic rings. The van der Waals surface area contributed by atoms with Crippen LogP contribution < -0.4 is 21.3 Å². The Morgan fingerprint density at radius 1 is 0.956 bits per heavy atom. The molecule has 4 N–H and O–H groups in total. The second kappa shape index (κ2) is 15.6. The Morgan fingerprint density at radius 2 is 1.62 bits per heavy atom. The van der Waals surface area contributed by atoms with Crippen molar-refractivity contribution >= 4 is 29.2 Å². The molecule has 1 heterocycles. The summed E-state index contributed by atoms with van der Waals surface area (Å²) >= 11 is 0. The van der Waals surface area contributed by atoms with Crippen LogP contribution in [0.15, 0.2) is 72.8 Å². The van der Waals surface area contributed by atoms with E-state index in [9.17, 15) is 27.6 Å². The van der Waals surface area contributed by atoms with E-state index in [0.29, 0.717) is 41.8 Å². The average Bonchev–Trinajstić information content (AvgIpc) is 3.04. The van der Waals surface area contributed by atoms with Gasteiger partial charge in [0.2, 0.25) is 5.91 Å². The van der Waals surface area contributed by atoms with Gasteiger partial charge in [0.1, 0.15) is 6.04 Å². The molecule has 0 radical (unpaired) electrons. The molecule has 1 aliphatic heterocycles. The number of hydrogen-bond donors (Lipinski definition) is 3. The van der Waals surface area contributed by atoms with Crippen LogP contribution in [0.3, 0.4) is 0 Å². The van der Waals surface area contributed by atoms with E-state index in [0.717, 1.165) is 56.6 Å². The summed E-state index contributed by atoms with van der Waals surface area (Å²) in [4.78, 5) is 40.1. The lowest BCUT2D eigenvalue weighted by atomic mass is 9.92. The second-order valence-corrected chi connectivity index (χ2v) is 11.2. The summed E-state index contributed by atoms with van der Waals surface area (Å²) in [6, 6.07) is 18.3. The molecule has 45 heavy (non-hydrogen) atoms. The highest BCUT2D eigenvalue weighted by molar-refractivity contribution is 6.08. The van der Waals surface area contributed by atoms with Crippen molar-refractivity contribution in [2.75, 3.05) is 37.0 Å². The summed E-state index contributed by atoms with van der Waals surface area (Å²) in [5, 5.41) is 5.71. The van der Waals surface area contributed by atoms with Crippen LogP contribution >= 0.6 is 0 Å². The Hall–Kier alpha value is -4.38. The molecule has 0 aromatic heterocycles. The maximum Gasteiger partial charge on any atom is 0.416 e. The third kappa shape index (κ3) is 9.31. The molecule has 1 aliphatic rings. The van der Waals surface area contributed by atoms with Gasteiger partial charge in [-0.25, -0.2) is 4.79 Å². The van der Waals surface area contributed by atoms with Gasteiger partial charge in [-0.2, -0.15) is 13.2 Å². The normalized spacial score (nSPS) is 14.5. The molecule has 4 rings (SSSR count). The number of esters is 1. The highest BCUT2D eigenvalue weighted by Gasteiger charge is 2.30. The number of unbranched alkanes of at least 4 members (excludes halogenated alkanes) is 1. The van der Waals surface area contributed by atoms with Gasteiger partial charge in [0.25, 0.3) is 5.91 Å². The van der Waals surface area contributed by atoms with Crippen LogP contribution in [0.5, 0.6) is 0 Å². The van der Waals surface area contributed by atoms with Crippen LogP contribution in [-0.2, 0) is 20.5 Å². The van der Waals surface area contributed by atoms with E-state index in [4.69, 9.17) is 10.5 Å². The van der Waals surface area contributed by atoms with Gasteiger partial charge in [0.05, 0.1) is 12.7 Å². The number of amides is 2. The molecular formula is C34H39F3N4O4. The molecule has 2 amide bonds. The summed E-state index contributed by atoms with van der Waals surface area (Å²) in [6.45, 7) is 2.06. The highest BCUT2D eigenvalue weighted by Crippen LogP contribution is 2.32. The molecule has 0 aliphatic carbocycles. The van der Waals surface area contributed by atoms with E-state index < -0.39 is 23.8 Å². The van der Waals surface area contributed by atoms with E-state index in [1.807, 2.05) is 24.3 Å². The first-order valence-corrected chi connectivity index (χ1v) is 15.1. The van der Waals surface area contributed by atoms with Crippen molar-refractivity contribution in [2.24, 2.45) is 11.7 Å². The molecule has 3 aromatic carbocycles. The molecule has 1 fully saturated rings. The first-order chi connectivity index (χ1) is 21.6. The molecule has 0 saturated carbocycles. The van der Waals surface area contributed by atoms with Crippen molar-refractivity contribution in [1.29, 1.82) is 0 Å². The highest BCUT2D eigenvalue weighted by atomic mass is 19.4. The second-order valence-electron chi connectivity index (χ2n) is 11.2. The summed E-state index contributed by atoms with van der Waals surface area (Å²) in [5.41, 5.74) is 7.76. The summed E-state index contributed by atoms with van der Waals surface area (Å²) in [6.07, 6.45) is -0.448. The van der Waals surface area contributed by atoms with Crippen LogP contribution in [0.4, 0.5) is 24.5 Å². The molecule has 1 saturated heterocycles. The van der Waals surface area contributed by atoms with Gasteiger partial charge in [-0.1, -0.05) is 30.3 Å². The van der Waals surface area contributed by atoms with Crippen molar-refractivity contribution in [3.05, 3.63) is 83.9 Å². The lowest BCUT2D eigenvalue weighted by molar-refractivity contribution is -0.145. The SMILES string of the molecule is COC(=O)[C@H](CCCCN)NC(=O)CC1CCN(c2ccc(NC(=O)c3ccccc3-c3ccc(C(F)(F)F)cc3)cc2)CC1. The number of nitrogens with zero attached hydrogens (tertiary/aromatic N) is 1. The Labute approximate surface area is 261 Å². The zero-order chi connectivity index (χ0) is 32.4. The average molecular weight is 625 g/mol. The van der Waals surface area contributed by atoms with Crippen molar-refractivity contribution in [3.63, 3.8) is 0 Å². The lowest BCUT2D eigenvalue weighted by Gasteiger charge is -2.33. The number of halogens is 3. The van der Waals surface area contributed by atoms with Crippen LogP contribution in [0.1, 0.15) is 54.4 Å². The first-order valence-electron chi connectivity index (χ1n) is 15.1. The summed E-state index contributed by atoms with van der Waals surface area (Å²) in [7, 11) is 1.31. The van der Waals surface area contributed by atoms with Crippen molar-refractivity contribution in [2.45, 2.75) is 50.7 Å². The van der Waals surface area contributed by atoms with E-state index in [1.165, 1.54) is 19.2 Å². The Kier molecular flexibility index (Phi) is 11.6. The van der Waals surface area contributed by atoms with Gasteiger partial charge in [0.15, 0.2) is 0 Å². The predicted octanol–water partition coefficient (Wildman–Crippen LogP) is 6.02. The van der Waals surface area contributed by atoms with E-state index in [2.05, 4.69) is 15.5 Å². The number of anilines is 2. The van der Waals surface area contributed by atoms with Gasteiger partial charge in [-0.05, 0) is 98.2 Å². The number of rotatable bonds is 12. The predicted molar refractivity (Wildman–Crippen MR) is 168 cm³/mol. The van der Waals surface area contributed by atoms with Gasteiger partial charge in [-0.15, -0.1) is 0 Å². The molecular weight excluding hydrogens is 585 g/mol. The van der Waals surface area contributed by atoms with Crippen molar-refractivity contribution in [3.8, 4) is 11.1 Å². The maximum atomic E-state index is 13.2. The maximum absolute atomic E-state index is 13.2. The van der Waals surface area contributed by atoms with Crippen molar-refractivity contribution < 1.29 is 32.3 Å². The van der Waals surface area contributed by atoms with E-state index >= 15 is 0 Å². The lowest BCUT2D eigenvalue weighted by Crippen LogP contribution is -2.43. The third-order valence-electron chi connectivity index (χ3n) is 8.04. The van der Waals surface area contributed by atoms with Gasteiger partial charge < -0.3 is 26.0 Å². The number of methoxy groups -OCH3 is 1. The smallest absolute Gasteiger partial charge is 0.416 e. The Bertz CT molecular complexity index is 1440. The fraction of sp³-hybridized carbons (Fsp3) is 0.382. The molecule has 1 atom stereocenters. The fourth-order valence-electron chi connectivity index (χ4n) is 5.52. The molecule has 0 bridgehead atoms. The van der Waals surface area contributed by atoms with Gasteiger partial charge >= 0.3 is 12.1 Å². The minimum atomic E-state index is -4.44. The zero-order valence-electron chi connectivity index (χ0n) is 25.2. The summed E-state index contributed by atoms with van der Waals surface area (Å²) < 4.78 is 43.8. The topological polar surface area (TPSA) is 114 Å². The van der Waals surface area contributed by atoms with Crippen LogP contribution in [0.25, 0.3) is 11.1 Å². The quantitative estimate of drug-likeness (QED) is 0.168. The number of benzene rings is 3. The number of nitrogens with two attached hydrogens (primary N) is 1. The van der Waals surface area contributed by atoms with E-state index in [-0.39, 0.29) is 17.7 Å². The minimum absolute atomic E-state index is 0.156. The molecule has 8 nitrogen and oxygen atoms in total. The first kappa shape index (κ1) is 33.5. The number of ether oxygens (including phenoxy) is 1.